The Morgan fingerprint density at radius 3 is 2.44 bits per heavy atom. The predicted octanol–water partition coefficient (Wildman–Crippen LogP) is 3.88. The third kappa shape index (κ3) is 4.29. The van der Waals surface area contributed by atoms with E-state index in [0.717, 1.165) is 23.7 Å². The van der Waals surface area contributed by atoms with Crippen LogP contribution in [0.25, 0.3) is 0 Å². The quantitative estimate of drug-likeness (QED) is 0.812. The lowest BCUT2D eigenvalue weighted by Crippen LogP contribution is -2.35. The van der Waals surface area contributed by atoms with Crippen molar-refractivity contribution in [1.29, 1.82) is 0 Å². The molecule has 7 heteroatoms. The van der Waals surface area contributed by atoms with Crippen molar-refractivity contribution in [2.75, 3.05) is 18.4 Å². The highest BCUT2D eigenvalue weighted by Crippen LogP contribution is 2.22. The first kappa shape index (κ1) is 18.1. The molecule has 2 aromatic carbocycles. The molecule has 2 aromatic rings. The third-order valence-corrected chi connectivity index (χ3v) is 6.52. The second-order valence-electron chi connectivity index (χ2n) is 5.96. The van der Waals surface area contributed by atoms with Crippen LogP contribution < -0.4 is 5.32 Å². The van der Waals surface area contributed by atoms with Crippen molar-refractivity contribution in [1.82, 2.24) is 4.31 Å². The molecule has 1 aliphatic heterocycles. The molecule has 1 fully saturated rings. The van der Waals surface area contributed by atoms with Crippen molar-refractivity contribution in [3.63, 3.8) is 0 Å². The second kappa shape index (κ2) is 7.68. The van der Waals surface area contributed by atoms with Crippen molar-refractivity contribution in [2.45, 2.75) is 24.2 Å². The Hall–Kier alpha value is -1.70. The summed E-state index contributed by atoms with van der Waals surface area (Å²) in [6.07, 6.45) is 2.81. The normalized spacial score (nSPS) is 15.7. The molecule has 0 radical (unpaired) electrons. The Labute approximate surface area is 156 Å². The van der Waals surface area contributed by atoms with E-state index >= 15 is 0 Å². The highest BCUT2D eigenvalue weighted by atomic mass is 79.9. The first-order valence-corrected chi connectivity index (χ1v) is 10.4. The number of anilines is 1. The zero-order valence-corrected chi connectivity index (χ0v) is 16.0. The maximum atomic E-state index is 12.8. The molecule has 1 N–H and O–H groups in total. The Morgan fingerprint density at radius 1 is 1.00 bits per heavy atom. The fraction of sp³-hybridized carbons (Fsp3) is 0.278. The van der Waals surface area contributed by atoms with E-state index in [1.807, 2.05) is 12.1 Å². The summed E-state index contributed by atoms with van der Waals surface area (Å²) in [5.41, 5.74) is 0.960. The fourth-order valence-electron chi connectivity index (χ4n) is 2.82. The van der Waals surface area contributed by atoms with Gasteiger partial charge in [0.25, 0.3) is 5.91 Å². The lowest BCUT2D eigenvalue weighted by Gasteiger charge is -2.26. The third-order valence-electron chi connectivity index (χ3n) is 4.13. The first-order valence-electron chi connectivity index (χ1n) is 8.14. The minimum Gasteiger partial charge on any atom is -0.322 e. The zero-order valence-electron chi connectivity index (χ0n) is 13.6. The number of sulfonamides is 1. The summed E-state index contributed by atoms with van der Waals surface area (Å²) in [7, 11) is -3.55. The van der Waals surface area contributed by atoms with E-state index in [1.54, 1.807) is 30.3 Å². The minimum atomic E-state index is -3.55. The van der Waals surface area contributed by atoms with Crippen LogP contribution in [0.5, 0.6) is 0 Å². The van der Waals surface area contributed by atoms with Gasteiger partial charge in [-0.15, -0.1) is 0 Å². The summed E-state index contributed by atoms with van der Waals surface area (Å²) < 4.78 is 27.9. The van der Waals surface area contributed by atoms with Gasteiger partial charge >= 0.3 is 0 Å². The molecule has 5 nitrogen and oxygen atoms in total. The van der Waals surface area contributed by atoms with Gasteiger partial charge in [-0.05, 0) is 49.2 Å². The van der Waals surface area contributed by atoms with Crippen LogP contribution in [0.4, 0.5) is 5.69 Å². The van der Waals surface area contributed by atoms with Gasteiger partial charge in [0.2, 0.25) is 10.0 Å². The van der Waals surface area contributed by atoms with Gasteiger partial charge in [-0.1, -0.05) is 34.5 Å². The molecule has 0 unspecified atom stereocenters. The van der Waals surface area contributed by atoms with Crippen LogP contribution in [-0.4, -0.2) is 31.7 Å². The Balaban J connectivity index is 1.82. The molecule has 1 saturated heterocycles. The summed E-state index contributed by atoms with van der Waals surface area (Å²) in [4.78, 5) is 12.6. The molecule has 0 saturated carbocycles. The Morgan fingerprint density at radius 2 is 1.72 bits per heavy atom. The van der Waals surface area contributed by atoms with Crippen molar-refractivity contribution in [3.05, 3.63) is 58.6 Å². The van der Waals surface area contributed by atoms with Crippen molar-refractivity contribution < 1.29 is 13.2 Å². The summed E-state index contributed by atoms with van der Waals surface area (Å²) in [5.74, 6) is -0.339. The monoisotopic (exact) mass is 422 g/mol. The zero-order chi connectivity index (χ0) is 17.9. The van der Waals surface area contributed by atoms with Crippen molar-refractivity contribution >= 4 is 37.5 Å². The van der Waals surface area contributed by atoms with Gasteiger partial charge in [-0.3, -0.25) is 4.79 Å². The first-order chi connectivity index (χ1) is 12.0. The van der Waals surface area contributed by atoms with E-state index in [4.69, 9.17) is 0 Å². The van der Waals surface area contributed by atoms with Crippen molar-refractivity contribution in [2.24, 2.45) is 0 Å². The number of carbonyl (C=O) groups is 1. The average Bonchev–Trinajstić information content (AvgIpc) is 2.62. The number of nitrogens with zero attached hydrogens (tertiary/aromatic N) is 1. The topological polar surface area (TPSA) is 66.5 Å². The van der Waals surface area contributed by atoms with Gasteiger partial charge < -0.3 is 5.32 Å². The molecular weight excluding hydrogens is 404 g/mol. The molecule has 1 aliphatic rings. The molecule has 3 rings (SSSR count). The summed E-state index contributed by atoms with van der Waals surface area (Å²) in [6.45, 7) is 1.08. The van der Waals surface area contributed by atoms with E-state index in [0.29, 0.717) is 24.3 Å². The number of amides is 1. The number of benzene rings is 2. The molecule has 0 aliphatic carbocycles. The fourth-order valence-corrected chi connectivity index (χ4v) is 4.78. The van der Waals surface area contributed by atoms with Crippen LogP contribution in [0.3, 0.4) is 0 Å². The number of hydrogen-bond donors (Lipinski definition) is 1. The largest absolute Gasteiger partial charge is 0.322 e. The van der Waals surface area contributed by atoms with Crippen LogP contribution in [0.15, 0.2) is 57.9 Å². The Kier molecular flexibility index (Phi) is 5.56. The van der Waals surface area contributed by atoms with Crippen LogP contribution in [0.1, 0.15) is 29.6 Å². The summed E-state index contributed by atoms with van der Waals surface area (Å²) in [6, 6.07) is 13.4. The molecule has 25 heavy (non-hydrogen) atoms. The number of rotatable bonds is 4. The van der Waals surface area contributed by atoms with Gasteiger partial charge in [0.15, 0.2) is 0 Å². The molecule has 0 spiro atoms. The number of halogens is 1. The van der Waals surface area contributed by atoms with Crippen LogP contribution in [0.2, 0.25) is 0 Å². The van der Waals surface area contributed by atoms with Gasteiger partial charge in [-0.25, -0.2) is 8.42 Å². The maximum absolute atomic E-state index is 12.8. The molecule has 0 bridgehead atoms. The molecule has 132 valence electrons. The summed E-state index contributed by atoms with van der Waals surface area (Å²) in [5, 5.41) is 2.78. The lowest BCUT2D eigenvalue weighted by atomic mass is 10.2. The van der Waals surface area contributed by atoms with E-state index < -0.39 is 10.0 Å². The number of nitrogens with one attached hydrogen (secondary N) is 1. The standard InChI is InChI=1S/C18H19BrN2O3S/c19-15-7-5-8-16(13-15)20-18(22)14-6-4-9-17(12-14)25(23,24)21-10-2-1-3-11-21/h4-9,12-13H,1-3,10-11H2,(H,20,22). The van der Waals surface area contributed by atoms with E-state index in [1.165, 1.54) is 10.4 Å². The second-order valence-corrected chi connectivity index (χ2v) is 8.81. The van der Waals surface area contributed by atoms with Crippen LogP contribution in [0, 0.1) is 0 Å². The SMILES string of the molecule is O=C(Nc1cccc(Br)c1)c1cccc(S(=O)(=O)N2CCCCC2)c1. The Bertz CT molecular complexity index is 877. The van der Waals surface area contributed by atoms with Gasteiger partial charge in [0, 0.05) is 28.8 Å². The van der Waals surface area contributed by atoms with Crippen molar-refractivity contribution in [3.8, 4) is 0 Å². The van der Waals surface area contributed by atoms with Gasteiger partial charge in [0.05, 0.1) is 4.90 Å². The number of piperidine rings is 1. The molecule has 1 amide bonds. The highest BCUT2D eigenvalue weighted by molar-refractivity contribution is 9.10. The number of carbonyl (C=O) groups excluding carboxylic acids is 1. The van der Waals surface area contributed by atoms with Gasteiger partial charge in [-0.2, -0.15) is 4.31 Å². The molecule has 0 aromatic heterocycles. The van der Waals surface area contributed by atoms with E-state index in [2.05, 4.69) is 21.2 Å². The molecular formula is C18H19BrN2O3S. The van der Waals surface area contributed by atoms with Crippen LogP contribution in [-0.2, 0) is 10.0 Å². The molecule has 1 heterocycles. The number of hydrogen-bond acceptors (Lipinski definition) is 3. The molecule has 0 atom stereocenters. The lowest BCUT2D eigenvalue weighted by molar-refractivity contribution is 0.102. The minimum absolute atomic E-state index is 0.163. The average molecular weight is 423 g/mol. The predicted molar refractivity (Wildman–Crippen MR) is 101 cm³/mol. The van der Waals surface area contributed by atoms with E-state index in [-0.39, 0.29) is 10.8 Å². The highest BCUT2D eigenvalue weighted by Gasteiger charge is 2.26. The maximum Gasteiger partial charge on any atom is 0.255 e. The van der Waals surface area contributed by atoms with Crippen LogP contribution >= 0.6 is 15.9 Å². The summed E-state index contributed by atoms with van der Waals surface area (Å²) >= 11 is 3.35. The van der Waals surface area contributed by atoms with Gasteiger partial charge in [0.1, 0.15) is 0 Å². The van der Waals surface area contributed by atoms with E-state index in [9.17, 15) is 13.2 Å². The smallest absolute Gasteiger partial charge is 0.255 e.